The largest absolute Gasteiger partial charge is 0.379 e. The zero-order chi connectivity index (χ0) is 22.2. The van der Waals surface area contributed by atoms with Gasteiger partial charge in [-0.2, -0.15) is 0 Å². The summed E-state index contributed by atoms with van der Waals surface area (Å²) in [6.45, 7) is 0.674. The van der Waals surface area contributed by atoms with Gasteiger partial charge in [0.25, 0.3) is 5.56 Å². The maximum absolute atomic E-state index is 13.3. The van der Waals surface area contributed by atoms with E-state index in [0.29, 0.717) is 17.9 Å². The van der Waals surface area contributed by atoms with E-state index in [2.05, 4.69) is 31.3 Å². The molecule has 1 aliphatic heterocycles. The number of aromatic amines is 2. The van der Waals surface area contributed by atoms with Crippen molar-refractivity contribution in [2.45, 2.75) is 18.9 Å². The first-order valence-electron chi connectivity index (χ1n) is 11.1. The number of aromatic nitrogens is 4. The molecule has 162 valence electrons. The third-order valence-corrected chi connectivity index (χ3v) is 6.05. The molecule has 0 unspecified atom stereocenters. The number of imidazole rings is 1. The maximum Gasteiger partial charge on any atom is 0.261 e. The number of hydrogen-bond acceptors (Lipinski definition) is 5. The SMILES string of the molecule is O=c1[nH]c2ccc(-c3ccccn3)cc2c(N[C@H]2CCC=NC2)c1-c1nc2ccccc2[nH]1. The van der Waals surface area contributed by atoms with E-state index in [1.807, 2.05) is 60.8 Å². The van der Waals surface area contributed by atoms with Crippen LogP contribution in [0.25, 0.3) is 44.6 Å². The van der Waals surface area contributed by atoms with Gasteiger partial charge in [-0.1, -0.05) is 24.3 Å². The summed E-state index contributed by atoms with van der Waals surface area (Å²) in [7, 11) is 0. The molecule has 0 saturated carbocycles. The van der Waals surface area contributed by atoms with Crippen LogP contribution in [0.3, 0.4) is 0 Å². The second kappa shape index (κ2) is 8.02. The molecule has 1 atom stereocenters. The first kappa shape index (κ1) is 19.4. The average Bonchev–Trinajstić information content (AvgIpc) is 3.29. The number of aliphatic imine (C=N–C) groups is 1. The Bertz CT molecular complexity index is 1520. The minimum absolute atomic E-state index is 0.140. The number of anilines is 1. The summed E-state index contributed by atoms with van der Waals surface area (Å²) in [5, 5.41) is 4.56. The van der Waals surface area contributed by atoms with Gasteiger partial charge in [-0.15, -0.1) is 0 Å². The van der Waals surface area contributed by atoms with Gasteiger partial charge in [-0.3, -0.25) is 14.8 Å². The number of pyridine rings is 2. The molecule has 3 N–H and O–H groups in total. The van der Waals surface area contributed by atoms with Crippen LogP contribution in [0.2, 0.25) is 0 Å². The van der Waals surface area contributed by atoms with Crippen molar-refractivity contribution in [2.75, 3.05) is 11.9 Å². The summed E-state index contributed by atoms with van der Waals surface area (Å²) in [5.74, 6) is 0.546. The molecule has 5 aromatic rings. The predicted octanol–water partition coefficient (Wildman–Crippen LogP) is 4.78. The third kappa shape index (κ3) is 3.57. The van der Waals surface area contributed by atoms with Gasteiger partial charge in [0.15, 0.2) is 0 Å². The molecule has 33 heavy (non-hydrogen) atoms. The fourth-order valence-corrected chi connectivity index (χ4v) is 4.42. The van der Waals surface area contributed by atoms with Gasteiger partial charge in [-0.05, 0) is 55.5 Å². The Hall–Kier alpha value is -4.26. The third-order valence-electron chi connectivity index (χ3n) is 6.05. The van der Waals surface area contributed by atoms with Gasteiger partial charge in [0.05, 0.1) is 34.5 Å². The highest BCUT2D eigenvalue weighted by Gasteiger charge is 2.21. The summed E-state index contributed by atoms with van der Waals surface area (Å²) >= 11 is 0. The summed E-state index contributed by atoms with van der Waals surface area (Å²) < 4.78 is 0. The summed E-state index contributed by atoms with van der Waals surface area (Å²) in [4.78, 5) is 33.4. The van der Waals surface area contributed by atoms with Gasteiger partial charge in [-0.25, -0.2) is 4.98 Å². The minimum Gasteiger partial charge on any atom is -0.379 e. The molecule has 2 aromatic carbocycles. The highest BCUT2D eigenvalue weighted by Crippen LogP contribution is 2.34. The zero-order valence-electron chi connectivity index (χ0n) is 17.9. The van der Waals surface area contributed by atoms with Crippen molar-refractivity contribution in [3.8, 4) is 22.6 Å². The van der Waals surface area contributed by atoms with Crippen LogP contribution in [-0.2, 0) is 0 Å². The molecular weight excluding hydrogens is 412 g/mol. The standard InChI is InChI=1S/C26H22N6O/c33-26-23(25-30-21-8-1-2-9-22(21)31-25)24(29-17-6-5-12-27-15-17)18-14-16(10-11-20(18)32-26)19-7-3-4-13-28-19/h1-4,7-14,17H,5-6,15H2,(H,30,31)(H2,29,32,33)/t17-/m0/s1. The van der Waals surface area contributed by atoms with Crippen LogP contribution in [0.15, 0.2) is 76.6 Å². The van der Waals surface area contributed by atoms with E-state index in [0.717, 1.165) is 51.7 Å². The maximum atomic E-state index is 13.3. The molecule has 3 aromatic heterocycles. The predicted molar refractivity (Wildman–Crippen MR) is 133 cm³/mol. The van der Waals surface area contributed by atoms with Crippen molar-refractivity contribution in [1.29, 1.82) is 0 Å². The Kier molecular flexibility index (Phi) is 4.72. The highest BCUT2D eigenvalue weighted by atomic mass is 16.1. The Balaban J connectivity index is 1.60. The number of hydrogen-bond donors (Lipinski definition) is 3. The van der Waals surface area contributed by atoms with Gasteiger partial charge >= 0.3 is 0 Å². The summed E-state index contributed by atoms with van der Waals surface area (Å²) in [6, 6.07) is 19.8. The van der Waals surface area contributed by atoms with Gasteiger partial charge in [0.2, 0.25) is 0 Å². The van der Waals surface area contributed by atoms with E-state index in [4.69, 9.17) is 4.98 Å². The van der Waals surface area contributed by atoms with Crippen LogP contribution in [0, 0.1) is 0 Å². The monoisotopic (exact) mass is 434 g/mol. The number of fused-ring (bicyclic) bond motifs is 2. The van der Waals surface area contributed by atoms with E-state index < -0.39 is 0 Å². The number of para-hydroxylation sites is 2. The average molecular weight is 435 g/mol. The van der Waals surface area contributed by atoms with Crippen LogP contribution in [0.4, 0.5) is 5.69 Å². The fourth-order valence-electron chi connectivity index (χ4n) is 4.42. The normalized spacial score (nSPS) is 15.8. The molecule has 7 heteroatoms. The molecule has 1 aliphatic rings. The number of H-pyrrole nitrogens is 2. The molecule has 7 nitrogen and oxygen atoms in total. The number of nitrogens with zero attached hydrogens (tertiary/aromatic N) is 3. The Morgan fingerprint density at radius 1 is 0.970 bits per heavy atom. The Morgan fingerprint density at radius 3 is 2.70 bits per heavy atom. The molecule has 0 amide bonds. The smallest absolute Gasteiger partial charge is 0.261 e. The molecular formula is C26H22N6O. The number of benzene rings is 2. The highest BCUT2D eigenvalue weighted by molar-refractivity contribution is 6.01. The van der Waals surface area contributed by atoms with Crippen molar-refractivity contribution >= 4 is 33.8 Å². The molecule has 0 aliphatic carbocycles. The van der Waals surface area contributed by atoms with E-state index in [1.54, 1.807) is 6.20 Å². The molecule has 6 rings (SSSR count). The van der Waals surface area contributed by atoms with Gasteiger partial charge in [0.1, 0.15) is 11.4 Å². The fraction of sp³-hybridized carbons (Fsp3) is 0.154. The lowest BCUT2D eigenvalue weighted by molar-refractivity contribution is 0.662. The van der Waals surface area contributed by atoms with E-state index in [1.165, 1.54) is 0 Å². The molecule has 4 heterocycles. The van der Waals surface area contributed by atoms with Crippen LogP contribution in [0.5, 0.6) is 0 Å². The minimum atomic E-state index is -0.186. The molecule has 0 radical (unpaired) electrons. The van der Waals surface area contributed by atoms with Crippen molar-refractivity contribution in [2.24, 2.45) is 4.99 Å². The molecule has 0 bridgehead atoms. The molecule has 0 spiro atoms. The number of rotatable bonds is 4. The Morgan fingerprint density at radius 2 is 1.88 bits per heavy atom. The van der Waals surface area contributed by atoms with Crippen molar-refractivity contribution < 1.29 is 0 Å². The van der Waals surface area contributed by atoms with Crippen molar-refractivity contribution in [3.05, 3.63) is 77.2 Å². The van der Waals surface area contributed by atoms with Gasteiger partial charge in [0, 0.05) is 23.2 Å². The molecule has 0 saturated heterocycles. The zero-order valence-corrected chi connectivity index (χ0v) is 17.9. The van der Waals surface area contributed by atoms with Crippen molar-refractivity contribution in [1.82, 2.24) is 19.9 Å². The van der Waals surface area contributed by atoms with E-state index in [9.17, 15) is 4.79 Å². The van der Waals surface area contributed by atoms with Crippen molar-refractivity contribution in [3.63, 3.8) is 0 Å². The summed E-state index contributed by atoms with van der Waals surface area (Å²) in [5.41, 5.74) is 5.43. The first-order valence-corrected chi connectivity index (χ1v) is 11.1. The number of nitrogens with one attached hydrogen (secondary N) is 3. The lowest BCUT2D eigenvalue weighted by Crippen LogP contribution is -2.27. The summed E-state index contributed by atoms with van der Waals surface area (Å²) in [6.07, 6.45) is 5.62. The van der Waals surface area contributed by atoms with Crippen LogP contribution in [-0.4, -0.2) is 38.7 Å². The second-order valence-electron chi connectivity index (χ2n) is 8.25. The Labute approximate surface area is 189 Å². The quantitative estimate of drug-likeness (QED) is 0.379. The lowest BCUT2D eigenvalue weighted by atomic mass is 10.0. The van der Waals surface area contributed by atoms with Crippen LogP contribution >= 0.6 is 0 Å². The lowest BCUT2D eigenvalue weighted by Gasteiger charge is -2.23. The van der Waals surface area contributed by atoms with Crippen LogP contribution in [0.1, 0.15) is 12.8 Å². The van der Waals surface area contributed by atoms with E-state index in [-0.39, 0.29) is 11.6 Å². The topological polar surface area (TPSA) is 98.8 Å². The van der Waals surface area contributed by atoms with E-state index >= 15 is 0 Å². The first-order chi connectivity index (χ1) is 16.3. The second-order valence-corrected chi connectivity index (χ2v) is 8.25. The van der Waals surface area contributed by atoms with Crippen LogP contribution < -0.4 is 10.9 Å². The molecule has 0 fully saturated rings. The van der Waals surface area contributed by atoms with Gasteiger partial charge < -0.3 is 15.3 Å².